The van der Waals surface area contributed by atoms with E-state index in [-0.39, 0.29) is 28.5 Å². The molecule has 1 aliphatic rings. The second-order valence-electron chi connectivity index (χ2n) is 6.08. The molecule has 0 bridgehead atoms. The van der Waals surface area contributed by atoms with Crippen LogP contribution in [0.3, 0.4) is 0 Å². The van der Waals surface area contributed by atoms with Crippen molar-refractivity contribution in [2.45, 2.75) is 32.1 Å². The fourth-order valence-electron chi connectivity index (χ4n) is 2.93. The molecule has 5 nitrogen and oxygen atoms in total. The summed E-state index contributed by atoms with van der Waals surface area (Å²) in [6.45, 7) is 0. The minimum absolute atomic E-state index is 0.0436. The summed E-state index contributed by atoms with van der Waals surface area (Å²) >= 11 is 5.64. The van der Waals surface area contributed by atoms with Crippen LogP contribution >= 0.6 is 11.6 Å². The first kappa shape index (κ1) is 17.5. The molecule has 0 atom stereocenters. The predicted molar refractivity (Wildman–Crippen MR) is 93.3 cm³/mol. The predicted octanol–water partition coefficient (Wildman–Crippen LogP) is 4.84. The Morgan fingerprint density at radius 1 is 1.08 bits per heavy atom. The van der Waals surface area contributed by atoms with Crippen LogP contribution in [0.5, 0.6) is 0 Å². The van der Waals surface area contributed by atoms with E-state index in [9.17, 15) is 14.0 Å². The van der Waals surface area contributed by atoms with Crippen LogP contribution in [-0.2, 0) is 4.79 Å². The van der Waals surface area contributed by atoms with Crippen LogP contribution in [-0.4, -0.2) is 11.8 Å². The Kier molecular flexibility index (Phi) is 5.38. The molecule has 1 fully saturated rings. The second kappa shape index (κ2) is 7.70. The number of rotatable bonds is 4. The van der Waals surface area contributed by atoms with Gasteiger partial charge in [0.2, 0.25) is 5.91 Å². The topological polar surface area (TPSA) is 71.3 Å². The highest BCUT2D eigenvalue weighted by atomic mass is 35.5. The number of amides is 2. The number of anilines is 2. The van der Waals surface area contributed by atoms with Crippen molar-refractivity contribution in [1.29, 1.82) is 0 Å². The van der Waals surface area contributed by atoms with Gasteiger partial charge in [0.1, 0.15) is 5.82 Å². The molecular formula is C18H18ClFN2O3. The summed E-state index contributed by atoms with van der Waals surface area (Å²) in [6, 6.07) is 6.89. The number of benzene rings is 1. The molecule has 1 heterocycles. The van der Waals surface area contributed by atoms with E-state index < -0.39 is 11.7 Å². The first-order chi connectivity index (χ1) is 12.0. The quantitative estimate of drug-likeness (QED) is 0.815. The van der Waals surface area contributed by atoms with Crippen molar-refractivity contribution < 1.29 is 18.4 Å². The van der Waals surface area contributed by atoms with Crippen LogP contribution in [0, 0.1) is 11.7 Å². The molecular weight excluding hydrogens is 347 g/mol. The van der Waals surface area contributed by atoms with Gasteiger partial charge in [0.05, 0.1) is 5.69 Å². The molecule has 0 radical (unpaired) electrons. The van der Waals surface area contributed by atoms with E-state index in [1.807, 2.05) is 0 Å². The minimum atomic E-state index is -0.553. The van der Waals surface area contributed by atoms with E-state index in [4.69, 9.17) is 16.0 Å². The summed E-state index contributed by atoms with van der Waals surface area (Å²) in [5, 5.41) is 5.31. The van der Waals surface area contributed by atoms with E-state index >= 15 is 0 Å². The molecule has 1 aromatic carbocycles. The first-order valence-corrected chi connectivity index (χ1v) is 8.58. The molecule has 0 saturated heterocycles. The normalized spacial score (nSPS) is 15.0. The smallest absolute Gasteiger partial charge is 0.291 e. The molecule has 3 rings (SSSR count). The third-order valence-corrected chi connectivity index (χ3v) is 4.46. The van der Waals surface area contributed by atoms with Crippen molar-refractivity contribution >= 4 is 34.8 Å². The van der Waals surface area contributed by atoms with Gasteiger partial charge in [-0.2, -0.15) is 0 Å². The van der Waals surface area contributed by atoms with Crippen LogP contribution in [0.2, 0.25) is 5.22 Å². The maximum absolute atomic E-state index is 14.0. The highest BCUT2D eigenvalue weighted by Gasteiger charge is 2.22. The Morgan fingerprint density at radius 2 is 1.84 bits per heavy atom. The van der Waals surface area contributed by atoms with Gasteiger partial charge >= 0.3 is 0 Å². The largest absolute Gasteiger partial charge is 0.440 e. The van der Waals surface area contributed by atoms with Gasteiger partial charge in [0.25, 0.3) is 5.91 Å². The Hall–Kier alpha value is -2.34. The summed E-state index contributed by atoms with van der Waals surface area (Å²) in [6.07, 6.45) is 4.81. The molecule has 0 spiro atoms. The van der Waals surface area contributed by atoms with Crippen molar-refractivity contribution in [1.82, 2.24) is 0 Å². The Bertz CT molecular complexity index is 784. The molecule has 2 aromatic rings. The van der Waals surface area contributed by atoms with Crippen LogP contribution < -0.4 is 10.6 Å². The fourth-order valence-corrected chi connectivity index (χ4v) is 3.07. The zero-order valence-corrected chi connectivity index (χ0v) is 14.2. The Balaban J connectivity index is 1.69. The van der Waals surface area contributed by atoms with Crippen molar-refractivity contribution in [2.24, 2.45) is 5.92 Å². The first-order valence-electron chi connectivity index (χ1n) is 8.20. The zero-order valence-electron chi connectivity index (χ0n) is 13.5. The lowest BCUT2D eigenvalue weighted by Gasteiger charge is -2.21. The van der Waals surface area contributed by atoms with Crippen molar-refractivity contribution in [3.05, 3.63) is 47.1 Å². The number of carbonyl (C=O) groups excluding carboxylic acids is 2. The third kappa shape index (κ3) is 4.39. The van der Waals surface area contributed by atoms with Gasteiger partial charge in [-0.15, -0.1) is 0 Å². The van der Waals surface area contributed by atoms with Gasteiger partial charge in [0, 0.05) is 11.6 Å². The van der Waals surface area contributed by atoms with Gasteiger partial charge in [-0.05, 0) is 54.8 Å². The molecule has 1 aliphatic carbocycles. The van der Waals surface area contributed by atoms with E-state index in [1.165, 1.54) is 30.3 Å². The molecule has 7 heteroatoms. The lowest BCUT2D eigenvalue weighted by atomic mass is 9.88. The maximum Gasteiger partial charge on any atom is 0.291 e. The van der Waals surface area contributed by atoms with Gasteiger partial charge in [-0.25, -0.2) is 4.39 Å². The molecule has 1 aromatic heterocycles. The van der Waals surface area contributed by atoms with Gasteiger partial charge in [-0.3, -0.25) is 9.59 Å². The lowest BCUT2D eigenvalue weighted by Crippen LogP contribution is -2.25. The van der Waals surface area contributed by atoms with Crippen LogP contribution in [0.25, 0.3) is 0 Å². The molecule has 0 unspecified atom stereocenters. The SMILES string of the molecule is O=C(Nc1ccc(F)c(NC(=O)C2CCCCC2)c1)c1ccc(Cl)o1. The van der Waals surface area contributed by atoms with E-state index in [0.29, 0.717) is 5.69 Å². The number of hydrogen-bond acceptors (Lipinski definition) is 3. The van der Waals surface area contributed by atoms with Crippen LogP contribution in [0.4, 0.5) is 15.8 Å². The number of furan rings is 1. The highest BCUT2D eigenvalue weighted by molar-refractivity contribution is 6.29. The van der Waals surface area contributed by atoms with Crippen molar-refractivity contribution in [3.63, 3.8) is 0 Å². The highest BCUT2D eigenvalue weighted by Crippen LogP contribution is 2.27. The number of hydrogen-bond donors (Lipinski definition) is 2. The van der Waals surface area contributed by atoms with Crippen molar-refractivity contribution in [2.75, 3.05) is 10.6 Å². The molecule has 2 amide bonds. The molecule has 25 heavy (non-hydrogen) atoms. The average Bonchev–Trinajstić information content (AvgIpc) is 3.05. The molecule has 2 N–H and O–H groups in total. The maximum atomic E-state index is 14.0. The van der Waals surface area contributed by atoms with Crippen molar-refractivity contribution in [3.8, 4) is 0 Å². The summed E-state index contributed by atoms with van der Waals surface area (Å²) in [5.74, 6) is -1.29. The van der Waals surface area contributed by atoms with E-state index in [2.05, 4.69) is 10.6 Å². The monoisotopic (exact) mass is 364 g/mol. The number of nitrogens with one attached hydrogen (secondary N) is 2. The second-order valence-corrected chi connectivity index (χ2v) is 6.45. The summed E-state index contributed by atoms with van der Waals surface area (Å²) < 4.78 is 19.0. The van der Waals surface area contributed by atoms with Crippen LogP contribution in [0.15, 0.2) is 34.7 Å². The minimum Gasteiger partial charge on any atom is -0.440 e. The van der Waals surface area contributed by atoms with E-state index in [1.54, 1.807) is 0 Å². The molecule has 1 saturated carbocycles. The van der Waals surface area contributed by atoms with E-state index in [0.717, 1.165) is 32.1 Å². The number of carbonyl (C=O) groups is 2. The summed E-state index contributed by atoms with van der Waals surface area (Å²) in [4.78, 5) is 24.3. The summed E-state index contributed by atoms with van der Waals surface area (Å²) in [7, 11) is 0. The molecule has 0 aliphatic heterocycles. The standard InChI is InChI=1S/C18H18ClFN2O3/c19-16-9-8-15(25-16)18(24)21-12-6-7-13(20)14(10-12)22-17(23)11-4-2-1-3-5-11/h6-11H,1-5H2,(H,21,24)(H,22,23). The van der Waals surface area contributed by atoms with Crippen LogP contribution in [0.1, 0.15) is 42.7 Å². The third-order valence-electron chi connectivity index (χ3n) is 4.26. The zero-order chi connectivity index (χ0) is 17.8. The van der Waals surface area contributed by atoms with Gasteiger partial charge in [0.15, 0.2) is 11.0 Å². The Labute approximate surface area is 149 Å². The average molecular weight is 365 g/mol. The van der Waals surface area contributed by atoms with Gasteiger partial charge < -0.3 is 15.1 Å². The number of halogens is 2. The lowest BCUT2D eigenvalue weighted by molar-refractivity contribution is -0.120. The molecule has 132 valence electrons. The summed E-state index contributed by atoms with van der Waals surface area (Å²) in [5.41, 5.74) is 0.392. The Morgan fingerprint density at radius 3 is 2.52 bits per heavy atom. The fraction of sp³-hybridized carbons (Fsp3) is 0.333. The van der Waals surface area contributed by atoms with Gasteiger partial charge in [-0.1, -0.05) is 19.3 Å².